The maximum Gasteiger partial charge on any atom is 0.295 e. The van der Waals surface area contributed by atoms with Gasteiger partial charge < -0.3 is 20.9 Å². The topological polar surface area (TPSA) is 104 Å². The Morgan fingerprint density at radius 2 is 2.10 bits per heavy atom. The van der Waals surface area contributed by atoms with Gasteiger partial charge in [0.25, 0.3) is 11.7 Å². The van der Waals surface area contributed by atoms with E-state index in [1.54, 1.807) is 4.90 Å². The summed E-state index contributed by atoms with van der Waals surface area (Å²) in [6.45, 7) is 0.976. The van der Waals surface area contributed by atoms with Gasteiger partial charge in [-0.3, -0.25) is 9.59 Å². The number of fused-ring (bicyclic) bond motifs is 1. The molecule has 0 spiro atoms. The van der Waals surface area contributed by atoms with Crippen LogP contribution < -0.4 is 11.1 Å². The van der Waals surface area contributed by atoms with Gasteiger partial charge in [0.15, 0.2) is 11.6 Å². The summed E-state index contributed by atoms with van der Waals surface area (Å²) in [5.41, 5.74) is 6.76. The largest absolute Gasteiger partial charge is 0.403 e. The van der Waals surface area contributed by atoms with Crippen LogP contribution in [0.15, 0.2) is 55.1 Å². The lowest BCUT2D eigenvalue weighted by Gasteiger charge is -2.32. The van der Waals surface area contributed by atoms with Crippen molar-refractivity contribution in [2.24, 2.45) is 5.73 Å². The minimum absolute atomic E-state index is 0.00323. The van der Waals surface area contributed by atoms with Crippen molar-refractivity contribution in [3.63, 3.8) is 0 Å². The molecule has 0 saturated carbocycles. The van der Waals surface area contributed by atoms with Crippen LogP contribution in [0.1, 0.15) is 34.7 Å². The molecule has 0 aliphatic carbocycles. The van der Waals surface area contributed by atoms with Gasteiger partial charge in [0.2, 0.25) is 0 Å². The van der Waals surface area contributed by atoms with Crippen LogP contribution >= 0.6 is 0 Å². The number of nitrogens with zero attached hydrogens (tertiary/aromatic N) is 2. The number of H-pyrrole nitrogens is 1. The summed E-state index contributed by atoms with van der Waals surface area (Å²) in [5.74, 6) is -1.55. The average molecular weight is 407 g/mol. The summed E-state index contributed by atoms with van der Waals surface area (Å²) in [7, 11) is 0. The number of hydrogen-bond acceptors (Lipinski definition) is 5. The highest BCUT2D eigenvalue weighted by Crippen LogP contribution is 2.29. The summed E-state index contributed by atoms with van der Waals surface area (Å²) >= 11 is 0. The highest BCUT2D eigenvalue weighted by atomic mass is 19.1. The lowest BCUT2D eigenvalue weighted by Crippen LogP contribution is -2.42. The van der Waals surface area contributed by atoms with E-state index >= 15 is 0 Å². The molecular formula is C22H22FN5O2. The SMILES string of the molecule is N/C=C\Nc1ncc(F)c2c(C(=O)C(=O)N3CCCC(c4ccccc4)C3)c[nH]c12. The first kappa shape index (κ1) is 19.6. The third-order valence-corrected chi connectivity index (χ3v) is 5.40. The third-order valence-electron chi connectivity index (χ3n) is 5.40. The van der Waals surface area contributed by atoms with E-state index in [2.05, 4.69) is 15.3 Å². The number of aromatic nitrogens is 2. The first-order chi connectivity index (χ1) is 14.6. The molecule has 4 rings (SSSR count). The first-order valence-electron chi connectivity index (χ1n) is 9.77. The van der Waals surface area contributed by atoms with Gasteiger partial charge in [-0.1, -0.05) is 30.3 Å². The average Bonchev–Trinajstić information content (AvgIpc) is 3.25. The minimum atomic E-state index is -0.736. The Labute approximate surface area is 172 Å². The molecule has 1 amide bonds. The molecule has 4 N–H and O–H groups in total. The van der Waals surface area contributed by atoms with Crippen molar-refractivity contribution in [2.45, 2.75) is 18.8 Å². The van der Waals surface area contributed by atoms with E-state index in [-0.39, 0.29) is 16.9 Å². The number of hydrogen-bond donors (Lipinski definition) is 3. The lowest BCUT2D eigenvalue weighted by molar-refractivity contribution is -0.127. The zero-order chi connectivity index (χ0) is 21.1. The number of anilines is 1. The molecule has 1 aromatic carbocycles. The predicted octanol–water partition coefficient (Wildman–Crippen LogP) is 3.13. The minimum Gasteiger partial charge on any atom is -0.403 e. The molecule has 1 aliphatic heterocycles. The number of benzene rings is 1. The zero-order valence-electron chi connectivity index (χ0n) is 16.3. The summed E-state index contributed by atoms with van der Waals surface area (Å²) in [6, 6.07) is 9.95. The number of aromatic amines is 1. The van der Waals surface area contributed by atoms with Crippen LogP contribution in [0.25, 0.3) is 10.9 Å². The Bertz CT molecular complexity index is 1110. The molecular weight excluding hydrogens is 385 g/mol. The molecule has 7 nitrogen and oxygen atoms in total. The molecule has 154 valence electrons. The zero-order valence-corrected chi connectivity index (χ0v) is 16.3. The fourth-order valence-corrected chi connectivity index (χ4v) is 3.94. The Hall–Kier alpha value is -3.68. The predicted molar refractivity (Wildman–Crippen MR) is 112 cm³/mol. The second-order valence-electron chi connectivity index (χ2n) is 7.24. The van der Waals surface area contributed by atoms with Crippen molar-refractivity contribution in [3.05, 3.63) is 72.1 Å². The van der Waals surface area contributed by atoms with Crippen molar-refractivity contribution < 1.29 is 14.0 Å². The molecule has 0 radical (unpaired) electrons. The normalized spacial score (nSPS) is 16.8. The molecule has 1 saturated heterocycles. The summed E-state index contributed by atoms with van der Waals surface area (Å²) in [6.07, 6.45) is 6.84. The van der Waals surface area contributed by atoms with Crippen LogP contribution in [0, 0.1) is 5.82 Å². The van der Waals surface area contributed by atoms with E-state index in [4.69, 9.17) is 5.73 Å². The van der Waals surface area contributed by atoms with E-state index in [0.29, 0.717) is 24.4 Å². The van der Waals surface area contributed by atoms with Crippen molar-refractivity contribution in [3.8, 4) is 0 Å². The molecule has 1 fully saturated rings. The number of carbonyl (C=O) groups is 2. The Morgan fingerprint density at radius 3 is 2.87 bits per heavy atom. The first-order valence-corrected chi connectivity index (χ1v) is 9.77. The number of piperidine rings is 1. The van der Waals surface area contributed by atoms with E-state index in [1.165, 1.54) is 18.6 Å². The van der Waals surface area contributed by atoms with Gasteiger partial charge in [-0.2, -0.15) is 0 Å². The van der Waals surface area contributed by atoms with Gasteiger partial charge >= 0.3 is 0 Å². The number of pyridine rings is 1. The number of carbonyl (C=O) groups excluding carboxylic acids is 2. The van der Waals surface area contributed by atoms with Gasteiger partial charge in [0, 0.05) is 37.6 Å². The van der Waals surface area contributed by atoms with E-state index in [0.717, 1.165) is 24.6 Å². The quantitative estimate of drug-likeness (QED) is 0.445. The second-order valence-corrected chi connectivity index (χ2v) is 7.24. The number of likely N-dealkylation sites (tertiary alicyclic amines) is 1. The third kappa shape index (κ3) is 3.63. The number of nitrogens with one attached hydrogen (secondary N) is 2. The molecule has 8 heteroatoms. The van der Waals surface area contributed by atoms with Gasteiger partial charge in [0.05, 0.1) is 22.7 Å². The van der Waals surface area contributed by atoms with Gasteiger partial charge in [-0.05, 0) is 18.4 Å². The maximum absolute atomic E-state index is 14.5. The van der Waals surface area contributed by atoms with Crippen molar-refractivity contribution in [2.75, 3.05) is 18.4 Å². The summed E-state index contributed by atoms with van der Waals surface area (Å²) < 4.78 is 14.5. The molecule has 3 aromatic rings. The fraction of sp³-hybridized carbons (Fsp3) is 0.227. The highest BCUT2D eigenvalue weighted by Gasteiger charge is 2.31. The number of rotatable bonds is 5. The monoisotopic (exact) mass is 407 g/mol. The molecule has 1 atom stereocenters. The van der Waals surface area contributed by atoms with Crippen LogP contribution in [0.2, 0.25) is 0 Å². The fourth-order valence-electron chi connectivity index (χ4n) is 3.94. The van der Waals surface area contributed by atoms with Gasteiger partial charge in [-0.25, -0.2) is 9.37 Å². The van der Waals surface area contributed by atoms with Gasteiger partial charge in [0.1, 0.15) is 0 Å². The van der Waals surface area contributed by atoms with Crippen LogP contribution in [0.4, 0.5) is 10.2 Å². The smallest absolute Gasteiger partial charge is 0.295 e. The Morgan fingerprint density at radius 1 is 1.30 bits per heavy atom. The van der Waals surface area contributed by atoms with E-state index < -0.39 is 17.5 Å². The molecule has 1 unspecified atom stereocenters. The van der Waals surface area contributed by atoms with Crippen molar-refractivity contribution >= 4 is 28.4 Å². The molecule has 3 heterocycles. The van der Waals surface area contributed by atoms with Crippen LogP contribution in [0.5, 0.6) is 0 Å². The second kappa shape index (κ2) is 8.36. The van der Waals surface area contributed by atoms with Crippen LogP contribution in [0.3, 0.4) is 0 Å². The van der Waals surface area contributed by atoms with E-state index in [9.17, 15) is 14.0 Å². The molecule has 1 aliphatic rings. The number of amides is 1. The van der Waals surface area contributed by atoms with Crippen molar-refractivity contribution in [1.82, 2.24) is 14.9 Å². The maximum atomic E-state index is 14.5. The van der Waals surface area contributed by atoms with Crippen LogP contribution in [-0.4, -0.2) is 39.6 Å². The number of nitrogens with two attached hydrogens (primary N) is 1. The molecule has 0 bridgehead atoms. The highest BCUT2D eigenvalue weighted by molar-refractivity contribution is 6.45. The standard InChI is InChI=1S/C22H22FN5O2/c23-17-12-27-21(25-9-8-24)19-18(17)16(11-26-19)20(29)22(30)28-10-4-7-15(13-28)14-5-2-1-3-6-14/h1-3,5-6,8-9,11-12,15,26H,4,7,10,13,24H2,(H,25,27)/b9-8-. The Kier molecular flexibility index (Phi) is 5.47. The summed E-state index contributed by atoms with van der Waals surface area (Å²) in [4.78, 5) is 34.3. The lowest BCUT2D eigenvalue weighted by atomic mass is 9.90. The molecule has 30 heavy (non-hydrogen) atoms. The number of halogens is 1. The van der Waals surface area contributed by atoms with E-state index in [1.807, 2.05) is 30.3 Å². The number of Topliss-reactive ketones (excluding diaryl/α,β-unsaturated/α-hetero) is 1. The molecule has 2 aromatic heterocycles. The summed E-state index contributed by atoms with van der Waals surface area (Å²) in [5, 5.41) is 2.85. The van der Waals surface area contributed by atoms with Crippen molar-refractivity contribution in [1.29, 1.82) is 0 Å². The number of ketones is 1. The van der Waals surface area contributed by atoms with Gasteiger partial charge in [-0.15, -0.1) is 0 Å². The van der Waals surface area contributed by atoms with Crippen LogP contribution in [-0.2, 0) is 4.79 Å². The Balaban J connectivity index is 1.60.